The van der Waals surface area contributed by atoms with Gasteiger partial charge in [-0.05, 0) is 31.6 Å². The van der Waals surface area contributed by atoms with Gasteiger partial charge in [0.2, 0.25) is 0 Å². The molecule has 0 rings (SSSR count). The molecule has 0 amide bonds. The molecule has 0 aliphatic heterocycles. The van der Waals surface area contributed by atoms with Gasteiger partial charge < -0.3 is 15.4 Å². The Kier molecular flexibility index (Phi) is 14.1. The summed E-state index contributed by atoms with van der Waals surface area (Å²) >= 11 is 0. The summed E-state index contributed by atoms with van der Waals surface area (Å²) in [6.45, 7) is 7.40. The summed E-state index contributed by atoms with van der Waals surface area (Å²) in [5.41, 5.74) is 0. The van der Waals surface area contributed by atoms with Crippen LogP contribution in [0.25, 0.3) is 0 Å². The molecule has 0 spiro atoms. The van der Waals surface area contributed by atoms with Crippen LogP contribution in [-0.2, 0) is 4.74 Å². The normalized spacial score (nSPS) is 13.3. The minimum absolute atomic E-state index is 0.759. The molecule has 2 N–H and O–H groups in total. The van der Waals surface area contributed by atoms with E-state index in [1.807, 2.05) is 7.05 Å². The standard InChI is InChI=1S/C16H35N3O/c1-5-7-11-15(6-2)14-19-16(17-3)18-12-9-8-10-13-20-4/h15H,5-14H2,1-4H3,(H2,17,18,19). The van der Waals surface area contributed by atoms with Gasteiger partial charge in [0, 0.05) is 33.9 Å². The SMILES string of the molecule is CCCCC(CC)CNC(=NC)NCCCCCOC. The zero-order valence-electron chi connectivity index (χ0n) is 14.0. The van der Waals surface area contributed by atoms with E-state index in [1.165, 1.54) is 32.1 Å². The molecule has 0 saturated carbocycles. The predicted molar refractivity (Wildman–Crippen MR) is 88.4 cm³/mol. The predicted octanol–water partition coefficient (Wildman–Crippen LogP) is 3.18. The van der Waals surface area contributed by atoms with Crippen LogP contribution in [0.3, 0.4) is 0 Å². The number of hydrogen-bond donors (Lipinski definition) is 2. The van der Waals surface area contributed by atoms with Gasteiger partial charge in [0.25, 0.3) is 0 Å². The lowest BCUT2D eigenvalue weighted by molar-refractivity contribution is 0.192. The van der Waals surface area contributed by atoms with Gasteiger partial charge in [-0.1, -0.05) is 33.1 Å². The summed E-state index contributed by atoms with van der Waals surface area (Å²) in [6, 6.07) is 0. The molecule has 0 aromatic rings. The van der Waals surface area contributed by atoms with Gasteiger partial charge in [-0.15, -0.1) is 0 Å². The van der Waals surface area contributed by atoms with Crippen molar-refractivity contribution in [3.05, 3.63) is 0 Å². The molecular weight excluding hydrogens is 250 g/mol. The lowest BCUT2D eigenvalue weighted by Crippen LogP contribution is -2.40. The molecule has 0 aliphatic rings. The first-order valence-electron chi connectivity index (χ1n) is 8.21. The minimum atomic E-state index is 0.759. The minimum Gasteiger partial charge on any atom is -0.385 e. The van der Waals surface area contributed by atoms with E-state index >= 15 is 0 Å². The third-order valence-electron chi connectivity index (χ3n) is 3.64. The van der Waals surface area contributed by atoms with Crippen molar-refractivity contribution in [1.82, 2.24) is 10.6 Å². The maximum absolute atomic E-state index is 5.04. The zero-order valence-corrected chi connectivity index (χ0v) is 14.0. The molecule has 0 aromatic carbocycles. The van der Waals surface area contributed by atoms with Crippen molar-refractivity contribution in [3.8, 4) is 0 Å². The Labute approximate surface area is 125 Å². The molecule has 1 unspecified atom stereocenters. The number of methoxy groups -OCH3 is 1. The highest BCUT2D eigenvalue weighted by atomic mass is 16.5. The molecule has 4 nitrogen and oxygen atoms in total. The van der Waals surface area contributed by atoms with Crippen LogP contribution >= 0.6 is 0 Å². The van der Waals surface area contributed by atoms with Crippen molar-refractivity contribution in [2.75, 3.05) is 33.9 Å². The Bertz CT molecular complexity index is 232. The van der Waals surface area contributed by atoms with Crippen molar-refractivity contribution < 1.29 is 4.74 Å². The smallest absolute Gasteiger partial charge is 0.190 e. The van der Waals surface area contributed by atoms with Gasteiger partial charge in [0.05, 0.1) is 0 Å². The van der Waals surface area contributed by atoms with E-state index in [1.54, 1.807) is 7.11 Å². The Morgan fingerprint density at radius 2 is 1.90 bits per heavy atom. The molecule has 0 aliphatic carbocycles. The number of ether oxygens (including phenoxy) is 1. The van der Waals surface area contributed by atoms with Crippen LogP contribution in [0.5, 0.6) is 0 Å². The lowest BCUT2D eigenvalue weighted by atomic mass is 9.99. The molecule has 0 fully saturated rings. The van der Waals surface area contributed by atoms with Gasteiger partial charge in [-0.3, -0.25) is 4.99 Å². The van der Waals surface area contributed by atoms with Crippen LogP contribution in [0.1, 0.15) is 58.8 Å². The number of guanidine groups is 1. The van der Waals surface area contributed by atoms with Crippen molar-refractivity contribution in [3.63, 3.8) is 0 Å². The van der Waals surface area contributed by atoms with Crippen molar-refractivity contribution >= 4 is 5.96 Å². The van der Waals surface area contributed by atoms with Gasteiger partial charge in [-0.2, -0.15) is 0 Å². The second-order valence-corrected chi connectivity index (χ2v) is 5.35. The number of hydrogen-bond acceptors (Lipinski definition) is 2. The molecule has 0 bridgehead atoms. The zero-order chi connectivity index (χ0) is 15.1. The third kappa shape index (κ3) is 11.1. The highest BCUT2D eigenvalue weighted by Crippen LogP contribution is 2.10. The van der Waals surface area contributed by atoms with E-state index in [4.69, 9.17) is 4.74 Å². The Hall–Kier alpha value is -0.770. The number of unbranched alkanes of at least 4 members (excludes halogenated alkanes) is 3. The monoisotopic (exact) mass is 285 g/mol. The van der Waals surface area contributed by atoms with E-state index in [-0.39, 0.29) is 0 Å². The fourth-order valence-corrected chi connectivity index (χ4v) is 2.16. The van der Waals surface area contributed by atoms with Crippen LogP contribution in [-0.4, -0.2) is 39.8 Å². The second-order valence-electron chi connectivity index (χ2n) is 5.35. The molecule has 0 heterocycles. The highest BCUT2D eigenvalue weighted by Gasteiger charge is 2.06. The fraction of sp³-hybridized carbons (Fsp3) is 0.938. The lowest BCUT2D eigenvalue weighted by Gasteiger charge is -2.18. The van der Waals surface area contributed by atoms with Gasteiger partial charge >= 0.3 is 0 Å². The number of rotatable bonds is 12. The third-order valence-corrected chi connectivity index (χ3v) is 3.64. The van der Waals surface area contributed by atoms with Gasteiger partial charge in [0.15, 0.2) is 5.96 Å². The Balaban J connectivity index is 3.70. The van der Waals surface area contributed by atoms with Gasteiger partial charge in [-0.25, -0.2) is 0 Å². The maximum Gasteiger partial charge on any atom is 0.190 e. The summed E-state index contributed by atoms with van der Waals surface area (Å²) < 4.78 is 5.04. The van der Waals surface area contributed by atoms with E-state index in [0.29, 0.717) is 0 Å². The molecule has 120 valence electrons. The molecule has 20 heavy (non-hydrogen) atoms. The van der Waals surface area contributed by atoms with E-state index in [9.17, 15) is 0 Å². The molecule has 4 heteroatoms. The average molecular weight is 285 g/mol. The average Bonchev–Trinajstić information content (AvgIpc) is 2.48. The maximum atomic E-state index is 5.04. The molecular formula is C16H35N3O. The molecule has 0 radical (unpaired) electrons. The summed E-state index contributed by atoms with van der Waals surface area (Å²) in [6.07, 6.45) is 8.66. The molecule has 1 atom stereocenters. The first kappa shape index (κ1) is 19.2. The van der Waals surface area contributed by atoms with Crippen molar-refractivity contribution in [1.29, 1.82) is 0 Å². The number of aliphatic imine (C=N–C) groups is 1. The first-order valence-corrected chi connectivity index (χ1v) is 8.21. The number of nitrogens with zero attached hydrogens (tertiary/aromatic N) is 1. The second kappa shape index (κ2) is 14.6. The van der Waals surface area contributed by atoms with E-state index in [0.717, 1.165) is 44.4 Å². The van der Waals surface area contributed by atoms with Crippen LogP contribution in [0.15, 0.2) is 4.99 Å². The van der Waals surface area contributed by atoms with E-state index < -0.39 is 0 Å². The summed E-state index contributed by atoms with van der Waals surface area (Å²) in [5.74, 6) is 1.70. The Morgan fingerprint density at radius 3 is 2.50 bits per heavy atom. The van der Waals surface area contributed by atoms with Crippen molar-refractivity contribution in [2.24, 2.45) is 10.9 Å². The van der Waals surface area contributed by atoms with Crippen LogP contribution in [0.4, 0.5) is 0 Å². The quantitative estimate of drug-likeness (QED) is 0.329. The fourth-order valence-electron chi connectivity index (χ4n) is 2.16. The number of nitrogens with one attached hydrogen (secondary N) is 2. The largest absolute Gasteiger partial charge is 0.385 e. The summed E-state index contributed by atoms with van der Waals surface area (Å²) in [7, 11) is 3.60. The molecule has 0 saturated heterocycles. The van der Waals surface area contributed by atoms with Gasteiger partial charge in [0.1, 0.15) is 0 Å². The van der Waals surface area contributed by atoms with Crippen LogP contribution < -0.4 is 10.6 Å². The highest BCUT2D eigenvalue weighted by molar-refractivity contribution is 5.79. The molecule has 0 aromatic heterocycles. The topological polar surface area (TPSA) is 45.7 Å². The van der Waals surface area contributed by atoms with Crippen LogP contribution in [0, 0.1) is 5.92 Å². The van der Waals surface area contributed by atoms with E-state index in [2.05, 4.69) is 29.5 Å². The summed E-state index contributed by atoms with van der Waals surface area (Å²) in [5, 5.41) is 6.83. The summed E-state index contributed by atoms with van der Waals surface area (Å²) in [4.78, 5) is 4.28. The van der Waals surface area contributed by atoms with Crippen LogP contribution in [0.2, 0.25) is 0 Å². The first-order chi connectivity index (χ1) is 9.78. The van der Waals surface area contributed by atoms with Crippen molar-refractivity contribution in [2.45, 2.75) is 58.8 Å². The Morgan fingerprint density at radius 1 is 1.10 bits per heavy atom.